The summed E-state index contributed by atoms with van der Waals surface area (Å²) in [7, 11) is 1.47. The number of carbonyl (C=O) groups excluding carboxylic acids is 1. The summed E-state index contributed by atoms with van der Waals surface area (Å²) in [6, 6.07) is 10.2. The molecule has 6 heteroatoms. The zero-order valence-electron chi connectivity index (χ0n) is 13.0. The molecular weight excluding hydrogens is 299 g/mol. The first-order valence-corrected chi connectivity index (χ1v) is 7.21. The van der Waals surface area contributed by atoms with Crippen molar-refractivity contribution in [3.05, 3.63) is 53.8 Å². The number of urea groups is 1. The van der Waals surface area contributed by atoms with Crippen molar-refractivity contribution in [3.8, 4) is 11.5 Å². The third-order valence-corrected chi connectivity index (χ3v) is 3.38. The van der Waals surface area contributed by atoms with E-state index in [0.29, 0.717) is 24.5 Å². The van der Waals surface area contributed by atoms with Gasteiger partial charge in [-0.1, -0.05) is 6.07 Å². The van der Waals surface area contributed by atoms with E-state index in [1.165, 1.54) is 37.4 Å². The van der Waals surface area contributed by atoms with Gasteiger partial charge < -0.3 is 20.1 Å². The number of methoxy groups -OCH3 is 1. The van der Waals surface area contributed by atoms with Crippen LogP contribution in [0.3, 0.4) is 0 Å². The number of rotatable bonds is 5. The van der Waals surface area contributed by atoms with Crippen molar-refractivity contribution >= 4 is 11.7 Å². The molecule has 0 aliphatic rings. The van der Waals surface area contributed by atoms with E-state index in [1.807, 2.05) is 6.92 Å². The van der Waals surface area contributed by atoms with Gasteiger partial charge in [-0.3, -0.25) is 0 Å². The highest BCUT2D eigenvalue weighted by Crippen LogP contribution is 2.26. The first kappa shape index (κ1) is 16.6. The number of nitrogens with zero attached hydrogens (tertiary/aromatic N) is 1. The molecule has 2 amide bonds. The summed E-state index contributed by atoms with van der Waals surface area (Å²) < 4.78 is 17.9. The van der Waals surface area contributed by atoms with Crippen molar-refractivity contribution in [3.63, 3.8) is 0 Å². The molecule has 0 saturated carbocycles. The maximum Gasteiger partial charge on any atom is 0.322 e. The third-order valence-electron chi connectivity index (χ3n) is 3.38. The van der Waals surface area contributed by atoms with E-state index >= 15 is 0 Å². The summed E-state index contributed by atoms with van der Waals surface area (Å²) in [5.74, 6) is 0.0547. The first-order chi connectivity index (χ1) is 11.0. The Morgan fingerprint density at radius 2 is 1.96 bits per heavy atom. The van der Waals surface area contributed by atoms with Gasteiger partial charge >= 0.3 is 6.03 Å². The number of amides is 2. The molecule has 0 aromatic heterocycles. The third kappa shape index (κ3) is 4.35. The van der Waals surface area contributed by atoms with Crippen molar-refractivity contribution in [2.45, 2.75) is 13.5 Å². The molecule has 0 bridgehead atoms. The predicted molar refractivity (Wildman–Crippen MR) is 86.2 cm³/mol. The van der Waals surface area contributed by atoms with Crippen molar-refractivity contribution in [2.24, 2.45) is 0 Å². The minimum absolute atomic E-state index is 0.0510. The molecule has 0 spiro atoms. The summed E-state index contributed by atoms with van der Waals surface area (Å²) in [6.07, 6.45) is 0. The molecule has 0 aliphatic carbocycles. The Labute approximate surface area is 134 Å². The summed E-state index contributed by atoms with van der Waals surface area (Å²) in [5, 5.41) is 12.3. The molecule has 2 aromatic rings. The average Bonchev–Trinajstić information content (AvgIpc) is 2.56. The SMILES string of the molecule is CCN(Cc1ccc(O)c(OC)c1)C(=O)Nc1ccc(F)cc1. The fourth-order valence-corrected chi connectivity index (χ4v) is 2.10. The lowest BCUT2D eigenvalue weighted by molar-refractivity contribution is 0.212. The van der Waals surface area contributed by atoms with E-state index in [-0.39, 0.29) is 17.6 Å². The Hall–Kier alpha value is -2.76. The van der Waals surface area contributed by atoms with Crippen LogP contribution in [0.2, 0.25) is 0 Å². The summed E-state index contributed by atoms with van der Waals surface area (Å²) in [6.45, 7) is 2.72. The Bertz CT molecular complexity index is 674. The largest absolute Gasteiger partial charge is 0.504 e. The van der Waals surface area contributed by atoms with Crippen molar-refractivity contribution in [1.82, 2.24) is 4.90 Å². The molecule has 0 unspecified atom stereocenters. The monoisotopic (exact) mass is 318 g/mol. The number of hydrogen-bond donors (Lipinski definition) is 2. The minimum Gasteiger partial charge on any atom is -0.504 e. The molecule has 2 N–H and O–H groups in total. The quantitative estimate of drug-likeness (QED) is 0.885. The molecule has 0 atom stereocenters. The lowest BCUT2D eigenvalue weighted by Crippen LogP contribution is -2.34. The molecule has 0 radical (unpaired) electrons. The van der Waals surface area contributed by atoms with Crippen LogP contribution in [-0.2, 0) is 6.54 Å². The zero-order valence-corrected chi connectivity index (χ0v) is 13.0. The normalized spacial score (nSPS) is 10.2. The Balaban J connectivity index is 2.06. The van der Waals surface area contributed by atoms with Crippen LogP contribution in [0.15, 0.2) is 42.5 Å². The van der Waals surface area contributed by atoms with Gasteiger partial charge in [0.05, 0.1) is 7.11 Å². The van der Waals surface area contributed by atoms with Crippen LogP contribution >= 0.6 is 0 Å². The van der Waals surface area contributed by atoms with Gasteiger partial charge in [0.1, 0.15) is 5.82 Å². The van der Waals surface area contributed by atoms with Crippen LogP contribution in [0, 0.1) is 5.82 Å². The lowest BCUT2D eigenvalue weighted by atomic mass is 10.2. The fourth-order valence-electron chi connectivity index (χ4n) is 2.10. The van der Waals surface area contributed by atoms with E-state index in [2.05, 4.69) is 5.32 Å². The van der Waals surface area contributed by atoms with E-state index in [1.54, 1.807) is 17.0 Å². The minimum atomic E-state index is -0.355. The molecule has 2 aromatic carbocycles. The Morgan fingerprint density at radius 3 is 2.57 bits per heavy atom. The average molecular weight is 318 g/mol. The molecule has 0 fully saturated rings. The van der Waals surface area contributed by atoms with E-state index in [0.717, 1.165) is 5.56 Å². The van der Waals surface area contributed by atoms with Gasteiger partial charge in [0.2, 0.25) is 0 Å². The molecule has 5 nitrogen and oxygen atoms in total. The second-order valence-corrected chi connectivity index (χ2v) is 4.96. The number of benzene rings is 2. The topological polar surface area (TPSA) is 61.8 Å². The van der Waals surface area contributed by atoms with Gasteiger partial charge in [0, 0.05) is 18.8 Å². The first-order valence-electron chi connectivity index (χ1n) is 7.21. The number of phenolic OH excluding ortho intramolecular Hbond substituents is 1. The molecular formula is C17H19FN2O3. The van der Waals surface area contributed by atoms with Crippen molar-refractivity contribution in [1.29, 1.82) is 0 Å². The maximum atomic E-state index is 12.9. The molecule has 23 heavy (non-hydrogen) atoms. The fraction of sp³-hybridized carbons (Fsp3) is 0.235. The van der Waals surface area contributed by atoms with Crippen LogP contribution in [0.1, 0.15) is 12.5 Å². The van der Waals surface area contributed by atoms with E-state index in [9.17, 15) is 14.3 Å². The lowest BCUT2D eigenvalue weighted by Gasteiger charge is -2.22. The second-order valence-electron chi connectivity index (χ2n) is 4.96. The maximum absolute atomic E-state index is 12.9. The van der Waals surface area contributed by atoms with Gasteiger partial charge in [-0.15, -0.1) is 0 Å². The number of ether oxygens (including phenoxy) is 1. The van der Waals surface area contributed by atoms with Gasteiger partial charge in [-0.2, -0.15) is 0 Å². The number of halogens is 1. The van der Waals surface area contributed by atoms with Gasteiger partial charge in [-0.25, -0.2) is 9.18 Å². The van der Waals surface area contributed by atoms with Crippen molar-refractivity contribution < 1.29 is 19.0 Å². The number of aromatic hydroxyl groups is 1. The molecule has 0 heterocycles. The van der Waals surface area contributed by atoms with Gasteiger partial charge in [-0.05, 0) is 48.9 Å². The Kier molecular flexibility index (Phi) is 5.41. The second kappa shape index (κ2) is 7.49. The predicted octanol–water partition coefficient (Wildman–Crippen LogP) is 3.59. The number of hydrogen-bond acceptors (Lipinski definition) is 3. The summed E-state index contributed by atoms with van der Waals surface area (Å²) in [4.78, 5) is 13.9. The van der Waals surface area contributed by atoms with Crippen molar-refractivity contribution in [2.75, 3.05) is 19.0 Å². The zero-order chi connectivity index (χ0) is 16.8. The van der Waals surface area contributed by atoms with Crippen LogP contribution in [-0.4, -0.2) is 29.7 Å². The van der Waals surface area contributed by atoms with Crippen LogP contribution in [0.5, 0.6) is 11.5 Å². The number of anilines is 1. The molecule has 0 aliphatic heterocycles. The highest BCUT2D eigenvalue weighted by Gasteiger charge is 2.13. The number of nitrogens with one attached hydrogen (secondary N) is 1. The van der Waals surface area contributed by atoms with E-state index in [4.69, 9.17) is 4.74 Å². The Morgan fingerprint density at radius 1 is 1.26 bits per heavy atom. The van der Waals surface area contributed by atoms with Gasteiger partial charge in [0.15, 0.2) is 11.5 Å². The van der Waals surface area contributed by atoms with Crippen LogP contribution in [0.25, 0.3) is 0 Å². The molecule has 2 rings (SSSR count). The van der Waals surface area contributed by atoms with Crippen LogP contribution < -0.4 is 10.1 Å². The standard InChI is InChI=1S/C17H19FN2O3/c1-3-20(11-12-4-9-15(21)16(10-12)23-2)17(22)19-14-7-5-13(18)6-8-14/h4-10,21H,3,11H2,1-2H3,(H,19,22). The highest BCUT2D eigenvalue weighted by molar-refractivity contribution is 5.89. The summed E-state index contributed by atoms with van der Waals surface area (Å²) >= 11 is 0. The summed E-state index contributed by atoms with van der Waals surface area (Å²) in [5.41, 5.74) is 1.36. The van der Waals surface area contributed by atoms with E-state index < -0.39 is 0 Å². The number of carbonyl (C=O) groups is 1. The number of phenols is 1. The highest BCUT2D eigenvalue weighted by atomic mass is 19.1. The smallest absolute Gasteiger partial charge is 0.322 e. The van der Waals surface area contributed by atoms with Crippen LogP contribution in [0.4, 0.5) is 14.9 Å². The molecule has 0 saturated heterocycles. The van der Waals surface area contributed by atoms with Gasteiger partial charge in [0.25, 0.3) is 0 Å². The molecule has 122 valence electrons.